The number of nitrogens with zero attached hydrogens (tertiary/aromatic N) is 4. The molecular formula is C14H25N5OS. The fraction of sp³-hybridized carbons (Fsp3) is 0.857. The first-order chi connectivity index (χ1) is 10.3. The summed E-state index contributed by atoms with van der Waals surface area (Å²) in [4.78, 5) is 11.8. The van der Waals surface area contributed by atoms with E-state index in [1.165, 1.54) is 43.9 Å². The van der Waals surface area contributed by atoms with E-state index in [2.05, 4.69) is 27.8 Å². The number of hydrogen-bond donors (Lipinski definition) is 1. The largest absolute Gasteiger partial charge is 0.355 e. The molecule has 21 heavy (non-hydrogen) atoms. The van der Waals surface area contributed by atoms with E-state index in [1.807, 2.05) is 4.68 Å². The predicted molar refractivity (Wildman–Crippen MR) is 83.2 cm³/mol. The second-order valence-corrected chi connectivity index (χ2v) is 6.49. The van der Waals surface area contributed by atoms with E-state index in [0.29, 0.717) is 11.8 Å². The minimum absolute atomic E-state index is 0.0671. The van der Waals surface area contributed by atoms with Gasteiger partial charge in [-0.05, 0) is 29.7 Å². The summed E-state index contributed by atoms with van der Waals surface area (Å²) in [5.41, 5.74) is 0. The van der Waals surface area contributed by atoms with Gasteiger partial charge in [-0.2, -0.15) is 0 Å². The van der Waals surface area contributed by atoms with Crippen molar-refractivity contribution in [1.82, 2.24) is 25.5 Å². The lowest BCUT2D eigenvalue weighted by Gasteiger charge is -2.10. The van der Waals surface area contributed by atoms with Gasteiger partial charge in [-0.15, -0.1) is 5.10 Å². The predicted octanol–water partition coefficient (Wildman–Crippen LogP) is 2.58. The highest BCUT2D eigenvalue weighted by Gasteiger charge is 2.21. The number of thioether (sulfide) groups is 1. The molecule has 118 valence electrons. The van der Waals surface area contributed by atoms with Crippen LogP contribution in [0.3, 0.4) is 0 Å². The lowest BCUT2D eigenvalue weighted by molar-refractivity contribution is -0.118. The van der Waals surface area contributed by atoms with Gasteiger partial charge in [0.05, 0.1) is 11.8 Å². The van der Waals surface area contributed by atoms with Gasteiger partial charge in [-0.3, -0.25) is 4.79 Å². The number of carbonyl (C=O) groups excluding carboxylic acids is 1. The minimum Gasteiger partial charge on any atom is -0.355 e. The molecule has 1 N–H and O–H groups in total. The van der Waals surface area contributed by atoms with E-state index in [-0.39, 0.29) is 5.91 Å². The van der Waals surface area contributed by atoms with E-state index >= 15 is 0 Å². The van der Waals surface area contributed by atoms with Crippen LogP contribution < -0.4 is 5.32 Å². The molecule has 0 radical (unpaired) electrons. The van der Waals surface area contributed by atoms with Crippen molar-refractivity contribution in [3.63, 3.8) is 0 Å². The van der Waals surface area contributed by atoms with Gasteiger partial charge in [0.15, 0.2) is 0 Å². The summed E-state index contributed by atoms with van der Waals surface area (Å²) in [6.45, 7) is 2.96. The van der Waals surface area contributed by atoms with Crippen LogP contribution in [0.15, 0.2) is 5.16 Å². The standard InChI is InChI=1S/C14H25N5OS/c1-2-3-4-7-10-15-13(20)11-21-14-16-17-18-19(14)12-8-5-6-9-12/h12H,2-11H2,1H3,(H,15,20). The Bertz CT molecular complexity index is 431. The topological polar surface area (TPSA) is 72.7 Å². The summed E-state index contributed by atoms with van der Waals surface area (Å²) < 4.78 is 1.90. The molecule has 6 nitrogen and oxygen atoms in total. The van der Waals surface area contributed by atoms with Gasteiger partial charge >= 0.3 is 0 Å². The van der Waals surface area contributed by atoms with Crippen molar-refractivity contribution in [3.05, 3.63) is 0 Å². The van der Waals surface area contributed by atoms with Crippen molar-refractivity contribution < 1.29 is 4.79 Å². The molecule has 1 aliphatic carbocycles. The normalized spacial score (nSPS) is 15.5. The number of aromatic nitrogens is 4. The van der Waals surface area contributed by atoms with Crippen LogP contribution in [-0.4, -0.2) is 38.4 Å². The molecule has 1 aliphatic rings. The van der Waals surface area contributed by atoms with E-state index in [4.69, 9.17) is 0 Å². The van der Waals surface area contributed by atoms with Crippen LogP contribution in [0.25, 0.3) is 0 Å². The molecule has 0 aliphatic heterocycles. The number of nitrogens with one attached hydrogen (secondary N) is 1. The van der Waals surface area contributed by atoms with Crippen molar-refractivity contribution in [2.75, 3.05) is 12.3 Å². The van der Waals surface area contributed by atoms with Crippen molar-refractivity contribution in [2.45, 2.75) is 69.5 Å². The number of tetrazole rings is 1. The molecule has 0 spiro atoms. The van der Waals surface area contributed by atoms with Crippen LogP contribution >= 0.6 is 11.8 Å². The maximum Gasteiger partial charge on any atom is 0.230 e. The molecule has 2 rings (SSSR count). The van der Waals surface area contributed by atoms with E-state index in [9.17, 15) is 4.79 Å². The van der Waals surface area contributed by atoms with Crippen molar-refractivity contribution in [1.29, 1.82) is 0 Å². The fourth-order valence-corrected chi connectivity index (χ4v) is 3.39. The van der Waals surface area contributed by atoms with Gasteiger partial charge in [0.25, 0.3) is 0 Å². The Morgan fingerprint density at radius 2 is 2.14 bits per heavy atom. The zero-order valence-corrected chi connectivity index (χ0v) is 13.6. The number of rotatable bonds is 9. The summed E-state index contributed by atoms with van der Waals surface area (Å²) >= 11 is 1.43. The highest BCUT2D eigenvalue weighted by Crippen LogP contribution is 2.31. The summed E-state index contributed by atoms with van der Waals surface area (Å²) in [5.74, 6) is 0.457. The Morgan fingerprint density at radius 3 is 2.90 bits per heavy atom. The Kier molecular flexibility index (Phi) is 6.99. The number of hydrogen-bond acceptors (Lipinski definition) is 5. The van der Waals surface area contributed by atoms with Crippen molar-refractivity contribution in [2.24, 2.45) is 0 Å². The lowest BCUT2D eigenvalue weighted by atomic mass is 10.2. The molecule has 1 saturated carbocycles. The molecule has 1 amide bonds. The van der Waals surface area contributed by atoms with Crippen LogP contribution in [0.1, 0.15) is 64.3 Å². The number of carbonyl (C=O) groups is 1. The lowest BCUT2D eigenvalue weighted by Crippen LogP contribution is -2.26. The summed E-state index contributed by atoms with van der Waals surface area (Å²) in [6, 6.07) is 0.416. The summed E-state index contributed by atoms with van der Waals surface area (Å²) in [7, 11) is 0. The third-order valence-electron chi connectivity index (χ3n) is 3.82. The van der Waals surface area contributed by atoms with Gasteiger partial charge in [0, 0.05) is 6.54 Å². The second-order valence-electron chi connectivity index (χ2n) is 5.54. The molecule has 1 fully saturated rings. The molecule has 1 aromatic heterocycles. The van der Waals surface area contributed by atoms with Crippen LogP contribution in [0.2, 0.25) is 0 Å². The Labute approximate surface area is 130 Å². The van der Waals surface area contributed by atoms with Crippen LogP contribution in [-0.2, 0) is 4.79 Å². The monoisotopic (exact) mass is 311 g/mol. The van der Waals surface area contributed by atoms with E-state index in [0.717, 1.165) is 31.0 Å². The molecule has 0 aromatic carbocycles. The first kappa shape index (κ1) is 16.3. The molecule has 1 aromatic rings. The molecule has 0 bridgehead atoms. The zero-order chi connectivity index (χ0) is 14.9. The molecule has 1 heterocycles. The van der Waals surface area contributed by atoms with Crippen LogP contribution in [0.4, 0.5) is 0 Å². The summed E-state index contributed by atoms with van der Waals surface area (Å²) in [5, 5.41) is 15.6. The van der Waals surface area contributed by atoms with Gasteiger partial charge in [0.1, 0.15) is 0 Å². The Morgan fingerprint density at radius 1 is 1.33 bits per heavy atom. The smallest absolute Gasteiger partial charge is 0.230 e. The molecule has 0 unspecified atom stereocenters. The van der Waals surface area contributed by atoms with Gasteiger partial charge in [-0.25, -0.2) is 4.68 Å². The SMILES string of the molecule is CCCCCCNC(=O)CSc1nnnn1C1CCCC1. The Balaban J connectivity index is 1.68. The maximum absolute atomic E-state index is 11.8. The van der Waals surface area contributed by atoms with Crippen molar-refractivity contribution >= 4 is 17.7 Å². The zero-order valence-electron chi connectivity index (χ0n) is 12.8. The van der Waals surface area contributed by atoms with E-state index in [1.54, 1.807) is 0 Å². The first-order valence-electron chi connectivity index (χ1n) is 7.98. The average Bonchev–Trinajstić information content (AvgIpc) is 3.15. The van der Waals surface area contributed by atoms with Crippen LogP contribution in [0, 0.1) is 0 Å². The third-order valence-corrected chi connectivity index (χ3v) is 4.75. The molecule has 0 saturated heterocycles. The molecule has 0 atom stereocenters. The van der Waals surface area contributed by atoms with Gasteiger partial charge in [0.2, 0.25) is 11.1 Å². The minimum atomic E-state index is 0.0671. The van der Waals surface area contributed by atoms with Crippen LogP contribution in [0.5, 0.6) is 0 Å². The highest BCUT2D eigenvalue weighted by atomic mass is 32.2. The molecule has 7 heteroatoms. The quantitative estimate of drug-likeness (QED) is 0.560. The van der Waals surface area contributed by atoms with Crippen molar-refractivity contribution in [3.8, 4) is 0 Å². The third kappa shape index (κ3) is 5.30. The second kappa shape index (κ2) is 9.02. The fourth-order valence-electron chi connectivity index (χ4n) is 2.62. The number of amides is 1. The Hall–Kier alpha value is -1.11. The summed E-state index contributed by atoms with van der Waals surface area (Å²) in [6.07, 6.45) is 9.46. The maximum atomic E-state index is 11.8. The van der Waals surface area contributed by atoms with Gasteiger partial charge in [-0.1, -0.05) is 50.8 Å². The van der Waals surface area contributed by atoms with E-state index < -0.39 is 0 Å². The van der Waals surface area contributed by atoms with Gasteiger partial charge < -0.3 is 5.32 Å². The highest BCUT2D eigenvalue weighted by molar-refractivity contribution is 7.99. The molecular weight excluding hydrogens is 286 g/mol. The number of unbranched alkanes of at least 4 members (excludes halogenated alkanes) is 3. The average molecular weight is 311 g/mol. The first-order valence-corrected chi connectivity index (χ1v) is 8.97.